The first-order valence-electron chi connectivity index (χ1n) is 0. The van der Waals surface area contributed by atoms with Gasteiger partial charge in [-0.25, -0.2) is 0 Å². The molecule has 0 aliphatic rings. The van der Waals surface area contributed by atoms with E-state index in [4.69, 9.17) is 0 Å². The standard InChI is InChI=1S/Al.ClH.Hf.Zr/h;1H;;/q+3;;+4;+2. The van der Waals surface area contributed by atoms with Crippen LogP contribution in [-0.4, -0.2) is 17.4 Å². The van der Waals surface area contributed by atoms with Crippen LogP contribution in [0.2, 0.25) is 0 Å². The third-order valence-electron chi connectivity index (χ3n) is 0. The third-order valence-corrected chi connectivity index (χ3v) is 0. The van der Waals surface area contributed by atoms with Crippen molar-refractivity contribution < 1.29 is 52.0 Å². The summed E-state index contributed by atoms with van der Waals surface area (Å²) < 4.78 is 0. The minimum absolute atomic E-state index is 0. The van der Waals surface area contributed by atoms with Crippen LogP contribution in [0.5, 0.6) is 0 Å². The molecule has 0 amide bonds. The summed E-state index contributed by atoms with van der Waals surface area (Å²) in [6.45, 7) is 0. The zero-order valence-electron chi connectivity index (χ0n) is 1.99. The van der Waals surface area contributed by atoms with Crippen LogP contribution >= 0.6 is 12.4 Å². The first-order chi connectivity index (χ1) is 0. The van der Waals surface area contributed by atoms with Crippen molar-refractivity contribution in [2.45, 2.75) is 0 Å². The van der Waals surface area contributed by atoms with Gasteiger partial charge in [-0.1, -0.05) is 0 Å². The van der Waals surface area contributed by atoms with Crippen molar-refractivity contribution in [1.29, 1.82) is 0 Å². The Morgan fingerprint density at radius 3 is 1.00 bits per heavy atom. The molecule has 0 N–H and O–H groups in total. The number of hydrogen-bond acceptors (Lipinski definition) is 0. The van der Waals surface area contributed by atoms with Crippen molar-refractivity contribution in [2.24, 2.45) is 0 Å². The maximum Gasteiger partial charge on any atom is 4.00 e. The number of rotatable bonds is 0. The minimum Gasteiger partial charge on any atom is -0.147 e. The largest absolute Gasteiger partial charge is 4.00 e. The molecule has 0 radical (unpaired) electrons. The molecule has 0 fully saturated rings. The van der Waals surface area contributed by atoms with E-state index in [1.807, 2.05) is 0 Å². The van der Waals surface area contributed by atoms with Gasteiger partial charge in [0.2, 0.25) is 0 Å². The number of halogens is 1. The maximum atomic E-state index is 0. The van der Waals surface area contributed by atoms with Crippen molar-refractivity contribution in [3.05, 3.63) is 0 Å². The smallest absolute Gasteiger partial charge is 0.147 e. The molecule has 0 atom stereocenters. The molecule has 0 unspecified atom stereocenters. The molecule has 0 rings (SSSR count). The summed E-state index contributed by atoms with van der Waals surface area (Å²) in [6.07, 6.45) is 0. The van der Waals surface area contributed by atoms with Gasteiger partial charge < -0.3 is 0 Å². The summed E-state index contributed by atoms with van der Waals surface area (Å²) >= 11 is 0. The topological polar surface area (TPSA) is 0 Å². The molecule has 0 heterocycles. The summed E-state index contributed by atoms with van der Waals surface area (Å²) in [5.74, 6) is 0. The molecule has 10 valence electrons. The van der Waals surface area contributed by atoms with Crippen LogP contribution in [0.15, 0.2) is 0 Å². The molecular formula is HAlClHfZr+9. The summed E-state index contributed by atoms with van der Waals surface area (Å²) in [5, 5.41) is 0. The zero-order valence-corrected chi connectivity index (χ0v) is 10.0. The van der Waals surface area contributed by atoms with E-state index in [2.05, 4.69) is 0 Å². The van der Waals surface area contributed by atoms with Gasteiger partial charge in [0.05, 0.1) is 0 Å². The van der Waals surface area contributed by atoms with E-state index in [1.165, 1.54) is 0 Å². The van der Waals surface area contributed by atoms with E-state index >= 15 is 0 Å². The van der Waals surface area contributed by atoms with Crippen molar-refractivity contribution in [3.8, 4) is 0 Å². The molecular weight excluding hydrogens is 332 g/mol. The van der Waals surface area contributed by atoms with Gasteiger partial charge in [-0.15, -0.1) is 12.4 Å². The monoisotopic (exact) mass is 333 g/mol. The van der Waals surface area contributed by atoms with Crippen LogP contribution in [0.25, 0.3) is 0 Å². The van der Waals surface area contributed by atoms with Crippen LogP contribution in [-0.2, 0) is 52.0 Å². The Balaban J connectivity index is 0. The summed E-state index contributed by atoms with van der Waals surface area (Å²) in [5.41, 5.74) is 0. The Labute approximate surface area is 80.6 Å². The van der Waals surface area contributed by atoms with Crippen LogP contribution in [0.4, 0.5) is 0 Å². The Morgan fingerprint density at radius 2 is 1.00 bits per heavy atom. The first kappa shape index (κ1) is 30.8. The third kappa shape index (κ3) is 8.82. The maximum absolute atomic E-state index is 0. The van der Waals surface area contributed by atoms with Crippen molar-refractivity contribution in [1.82, 2.24) is 0 Å². The summed E-state index contributed by atoms with van der Waals surface area (Å²) in [4.78, 5) is 0. The quantitative estimate of drug-likeness (QED) is 0.549. The second kappa shape index (κ2) is 17.6. The van der Waals surface area contributed by atoms with Crippen molar-refractivity contribution in [3.63, 3.8) is 0 Å². The molecule has 0 saturated carbocycles. The van der Waals surface area contributed by atoms with E-state index in [0.29, 0.717) is 0 Å². The zero-order chi connectivity index (χ0) is 0. The van der Waals surface area contributed by atoms with E-state index in [0.717, 1.165) is 0 Å². The van der Waals surface area contributed by atoms with Gasteiger partial charge in [-0.3, -0.25) is 0 Å². The summed E-state index contributed by atoms with van der Waals surface area (Å²) in [6, 6.07) is 0. The molecule has 0 aromatic heterocycles. The fourth-order valence-electron chi connectivity index (χ4n) is 0. The molecule has 0 aromatic rings. The normalized spacial score (nSPS) is 0. The SMILES string of the molecule is Cl.[Al+3].[Hf+4].[Zr+2]. The fourth-order valence-corrected chi connectivity index (χ4v) is 0. The van der Waals surface area contributed by atoms with Crippen LogP contribution in [0.3, 0.4) is 0 Å². The van der Waals surface area contributed by atoms with Gasteiger partial charge in [0.25, 0.3) is 0 Å². The van der Waals surface area contributed by atoms with Gasteiger partial charge >= 0.3 is 69.4 Å². The van der Waals surface area contributed by atoms with Gasteiger partial charge in [-0.2, -0.15) is 0 Å². The molecule has 4 heavy (non-hydrogen) atoms. The molecule has 0 spiro atoms. The van der Waals surface area contributed by atoms with Crippen molar-refractivity contribution >= 4 is 29.8 Å². The minimum atomic E-state index is 0. The van der Waals surface area contributed by atoms with Crippen LogP contribution in [0, 0.1) is 0 Å². The number of hydrogen-bond donors (Lipinski definition) is 0. The van der Waals surface area contributed by atoms with Gasteiger partial charge in [0.1, 0.15) is 0 Å². The molecule has 0 aromatic carbocycles. The molecule has 0 bridgehead atoms. The average molecular weight is 333 g/mol. The van der Waals surface area contributed by atoms with E-state index < -0.39 is 0 Å². The van der Waals surface area contributed by atoms with E-state index in [9.17, 15) is 0 Å². The van der Waals surface area contributed by atoms with Gasteiger partial charge in [-0.05, 0) is 0 Å². The summed E-state index contributed by atoms with van der Waals surface area (Å²) in [7, 11) is 0. The molecule has 0 aliphatic carbocycles. The first-order valence-corrected chi connectivity index (χ1v) is 0. The second-order valence-corrected chi connectivity index (χ2v) is 0. The Morgan fingerprint density at radius 1 is 1.00 bits per heavy atom. The second-order valence-electron chi connectivity index (χ2n) is 0. The van der Waals surface area contributed by atoms with E-state index in [1.54, 1.807) is 0 Å². The predicted molar refractivity (Wildman–Crippen MR) is 13.0 cm³/mol. The Bertz CT molecular complexity index is 8.00. The predicted octanol–water partition coefficient (Wildman–Crippen LogP) is 0.0360. The Hall–Kier alpha value is 2.58. The van der Waals surface area contributed by atoms with Crippen LogP contribution in [0.1, 0.15) is 0 Å². The van der Waals surface area contributed by atoms with Gasteiger partial charge in [0.15, 0.2) is 0 Å². The van der Waals surface area contributed by atoms with Crippen LogP contribution < -0.4 is 0 Å². The molecule has 0 aliphatic heterocycles. The molecule has 0 nitrogen and oxygen atoms in total. The fraction of sp³-hybridized carbons (Fsp3) is 0. The Kier molecular flexibility index (Phi) is 136. The average Bonchev–Trinajstić information content (AvgIpc) is 0. The molecule has 4 heteroatoms. The molecule has 0 saturated heterocycles. The van der Waals surface area contributed by atoms with Gasteiger partial charge in [0, 0.05) is 0 Å². The van der Waals surface area contributed by atoms with Crippen molar-refractivity contribution in [2.75, 3.05) is 0 Å². The van der Waals surface area contributed by atoms with E-state index in [-0.39, 0.29) is 81.8 Å².